The smallest absolute Gasteiger partial charge is 0.220 e. The van der Waals surface area contributed by atoms with Gasteiger partial charge in [0.1, 0.15) is 12.2 Å². The average molecular weight is 686 g/mol. The second-order valence-electron chi connectivity index (χ2n) is 17.7. The summed E-state index contributed by atoms with van der Waals surface area (Å²) < 4.78 is 0.838. The number of aliphatic hydroxyl groups excluding tert-OH is 3. The van der Waals surface area contributed by atoms with E-state index in [1.165, 1.54) is 5.69 Å². The lowest BCUT2D eigenvalue weighted by Gasteiger charge is -2.63. The molecule has 5 aliphatic rings. The molecule has 1 amide bonds. The molecule has 2 aromatic rings. The van der Waals surface area contributed by atoms with Gasteiger partial charge in [0.25, 0.3) is 0 Å². The highest BCUT2D eigenvalue weighted by Gasteiger charge is 2.65. The molecule has 2 aromatic carbocycles. The van der Waals surface area contributed by atoms with Gasteiger partial charge in [-0.2, -0.15) is 0 Å². The summed E-state index contributed by atoms with van der Waals surface area (Å²) in [6.45, 7) is 10.5. The monoisotopic (exact) mass is 685 g/mol. The SMILES string of the molecule is C[C@H](CCC(=O)NCC[N+]1(c2ccc(C(=O)c3ccccc3)cc2)CCCC1)[C@H]1CC[C@H]2[C@@H]3[C@H](O)C[C@@H]4C[C@H](O)CC[C@]4(C)[C@H]3C[C@H](O)[C@]12C. The number of hydrogen-bond donors (Lipinski definition) is 4. The van der Waals surface area contributed by atoms with Crippen molar-refractivity contribution in [1.29, 1.82) is 0 Å². The first-order chi connectivity index (χ1) is 24.0. The molecule has 0 bridgehead atoms. The van der Waals surface area contributed by atoms with Crippen LogP contribution < -0.4 is 9.80 Å². The van der Waals surface area contributed by atoms with Crippen molar-refractivity contribution in [3.8, 4) is 0 Å². The van der Waals surface area contributed by atoms with Gasteiger partial charge in [-0.25, -0.2) is 0 Å². The van der Waals surface area contributed by atoms with Crippen LogP contribution in [0.2, 0.25) is 0 Å². The second-order valence-corrected chi connectivity index (χ2v) is 17.7. The molecule has 1 aliphatic heterocycles. The van der Waals surface area contributed by atoms with Gasteiger partial charge in [-0.05, 0) is 122 Å². The number of amides is 1. The maximum Gasteiger partial charge on any atom is 0.220 e. The quantitative estimate of drug-likeness (QED) is 0.169. The number of rotatable bonds is 10. The number of carbonyl (C=O) groups excluding carboxylic acids is 2. The van der Waals surface area contributed by atoms with E-state index in [0.29, 0.717) is 53.7 Å². The molecule has 4 N–H and O–H groups in total. The Balaban J connectivity index is 0.935. The largest absolute Gasteiger partial charge is 0.393 e. The zero-order valence-corrected chi connectivity index (χ0v) is 30.6. The normalized spacial score (nSPS) is 38.0. The fourth-order valence-electron chi connectivity index (χ4n) is 12.4. The van der Waals surface area contributed by atoms with E-state index in [2.05, 4.69) is 38.2 Å². The lowest BCUT2D eigenvalue weighted by molar-refractivity contribution is -0.207. The molecular formula is C43H61N2O5+. The molecular weight excluding hydrogens is 624 g/mol. The summed E-state index contributed by atoms with van der Waals surface area (Å²) in [5.41, 5.74) is 2.44. The van der Waals surface area contributed by atoms with E-state index >= 15 is 0 Å². The Morgan fingerprint density at radius 2 is 1.58 bits per heavy atom. The van der Waals surface area contributed by atoms with Crippen molar-refractivity contribution in [2.45, 2.75) is 110 Å². The number of benzene rings is 2. The molecule has 0 unspecified atom stereocenters. The van der Waals surface area contributed by atoms with Gasteiger partial charge in [0.2, 0.25) is 5.91 Å². The summed E-state index contributed by atoms with van der Waals surface area (Å²) in [7, 11) is 0. The van der Waals surface area contributed by atoms with Gasteiger partial charge in [-0.1, -0.05) is 51.1 Å². The maximum absolute atomic E-state index is 13.2. The van der Waals surface area contributed by atoms with E-state index < -0.39 is 6.10 Å². The zero-order valence-electron chi connectivity index (χ0n) is 30.6. The molecule has 1 heterocycles. The van der Waals surface area contributed by atoms with Crippen LogP contribution in [0.1, 0.15) is 107 Å². The van der Waals surface area contributed by atoms with Gasteiger partial charge in [-0.3, -0.25) is 14.1 Å². The summed E-state index contributed by atoms with van der Waals surface area (Å²) in [6.07, 6.45) is 8.77. The van der Waals surface area contributed by atoms with Crippen LogP contribution in [-0.2, 0) is 4.79 Å². The number of carbonyl (C=O) groups is 2. The van der Waals surface area contributed by atoms with E-state index in [1.54, 1.807) is 0 Å². The molecule has 7 heteroatoms. The molecule has 11 atom stereocenters. The minimum absolute atomic E-state index is 0.0379. The van der Waals surface area contributed by atoms with E-state index in [9.17, 15) is 24.9 Å². The molecule has 272 valence electrons. The summed E-state index contributed by atoms with van der Waals surface area (Å²) in [4.78, 5) is 26.2. The predicted molar refractivity (Wildman–Crippen MR) is 197 cm³/mol. The first-order valence-corrected chi connectivity index (χ1v) is 19.8. The van der Waals surface area contributed by atoms with Crippen molar-refractivity contribution in [2.75, 3.05) is 26.2 Å². The van der Waals surface area contributed by atoms with Gasteiger partial charge >= 0.3 is 0 Å². The van der Waals surface area contributed by atoms with Crippen molar-refractivity contribution < 1.29 is 24.9 Å². The number of ketones is 1. The Hall–Kier alpha value is -2.58. The van der Waals surface area contributed by atoms with Crippen molar-refractivity contribution >= 4 is 17.4 Å². The van der Waals surface area contributed by atoms with Gasteiger partial charge < -0.3 is 20.6 Å². The minimum Gasteiger partial charge on any atom is -0.393 e. The molecule has 4 aliphatic carbocycles. The average Bonchev–Trinajstić information content (AvgIpc) is 3.74. The van der Waals surface area contributed by atoms with Crippen molar-refractivity contribution in [2.24, 2.45) is 46.3 Å². The van der Waals surface area contributed by atoms with Crippen LogP contribution >= 0.6 is 0 Å². The Labute approximate surface area is 299 Å². The van der Waals surface area contributed by atoms with Crippen molar-refractivity contribution in [3.63, 3.8) is 0 Å². The third-order valence-electron chi connectivity index (χ3n) is 15.3. The molecule has 0 radical (unpaired) electrons. The van der Waals surface area contributed by atoms with Crippen LogP contribution in [0.3, 0.4) is 0 Å². The van der Waals surface area contributed by atoms with Crippen molar-refractivity contribution in [3.05, 3.63) is 65.7 Å². The second kappa shape index (κ2) is 14.1. The minimum atomic E-state index is -0.405. The summed E-state index contributed by atoms with van der Waals surface area (Å²) in [5, 5.41) is 37.2. The van der Waals surface area contributed by atoms with Gasteiger partial charge in [-0.15, -0.1) is 0 Å². The van der Waals surface area contributed by atoms with Gasteiger partial charge in [0.05, 0.1) is 37.9 Å². The predicted octanol–water partition coefficient (Wildman–Crippen LogP) is 6.51. The number of likely N-dealkylation sites (tertiary alicyclic amines) is 1. The van der Waals surface area contributed by atoms with Crippen LogP contribution in [0.25, 0.3) is 0 Å². The highest BCUT2D eigenvalue weighted by molar-refractivity contribution is 6.09. The Morgan fingerprint density at radius 3 is 2.30 bits per heavy atom. The molecule has 7 rings (SSSR count). The van der Waals surface area contributed by atoms with E-state index in [4.69, 9.17) is 0 Å². The Morgan fingerprint density at radius 1 is 0.880 bits per heavy atom. The number of hydrogen-bond acceptors (Lipinski definition) is 5. The van der Waals surface area contributed by atoms with Gasteiger partial charge in [0, 0.05) is 30.4 Å². The summed E-state index contributed by atoms with van der Waals surface area (Å²) in [5.74, 6) is 1.91. The third-order valence-corrected chi connectivity index (χ3v) is 15.3. The molecule has 5 fully saturated rings. The number of quaternary nitrogens is 1. The Kier molecular flexibility index (Phi) is 10.1. The molecule has 0 spiro atoms. The van der Waals surface area contributed by atoms with Crippen LogP contribution in [0.5, 0.6) is 0 Å². The lowest BCUT2D eigenvalue weighted by atomic mass is 9.43. The molecule has 50 heavy (non-hydrogen) atoms. The summed E-state index contributed by atoms with van der Waals surface area (Å²) in [6, 6.07) is 17.5. The van der Waals surface area contributed by atoms with Crippen LogP contribution in [-0.4, -0.2) is 71.5 Å². The number of fused-ring (bicyclic) bond motifs is 5. The molecule has 0 aromatic heterocycles. The fourth-order valence-corrected chi connectivity index (χ4v) is 12.4. The van der Waals surface area contributed by atoms with Gasteiger partial charge in [0.15, 0.2) is 5.78 Å². The maximum atomic E-state index is 13.2. The van der Waals surface area contributed by atoms with Crippen LogP contribution in [0.4, 0.5) is 5.69 Å². The van der Waals surface area contributed by atoms with E-state index in [0.717, 1.165) is 88.3 Å². The summed E-state index contributed by atoms with van der Waals surface area (Å²) >= 11 is 0. The van der Waals surface area contributed by atoms with E-state index in [-0.39, 0.29) is 40.6 Å². The lowest BCUT2D eigenvalue weighted by Crippen LogP contribution is -2.62. The number of nitrogens with one attached hydrogen (secondary N) is 1. The van der Waals surface area contributed by atoms with E-state index in [1.807, 2.05) is 42.5 Å². The molecule has 4 saturated carbocycles. The fraction of sp³-hybridized carbons (Fsp3) is 0.674. The first kappa shape index (κ1) is 35.8. The standard InChI is InChI=1S/C43H60N2O5/c1-28(34-16-17-35-40-36(27-38(48)43(34,35)3)42(2)20-19-33(46)25-31(42)26-37(40)47)11-18-39(49)44-21-24-45(22-7-8-23-45)32-14-12-30(13-15-32)41(50)29-9-5-4-6-10-29/h4-6,9-10,12-15,28,31,33-38,40,46-48H,7-8,11,16-27H2,1-3H3/p+1/t28-,31+,33-,34-,35+,36+,37-,38+,40+,42+,43-/m1/s1. The highest BCUT2D eigenvalue weighted by Crippen LogP contribution is 2.68. The topological polar surface area (TPSA) is 107 Å². The van der Waals surface area contributed by atoms with Crippen LogP contribution in [0.15, 0.2) is 54.6 Å². The van der Waals surface area contributed by atoms with Crippen molar-refractivity contribution in [1.82, 2.24) is 9.80 Å². The highest BCUT2D eigenvalue weighted by atomic mass is 16.3. The Bertz CT molecular complexity index is 1510. The number of nitrogens with zero attached hydrogens (tertiary/aromatic N) is 1. The molecule has 7 nitrogen and oxygen atoms in total. The third kappa shape index (κ3) is 6.28. The first-order valence-electron chi connectivity index (χ1n) is 19.8. The zero-order chi connectivity index (χ0) is 35.3. The number of aliphatic hydroxyl groups is 3. The molecule has 1 saturated heterocycles. The van der Waals surface area contributed by atoms with Crippen LogP contribution in [0, 0.1) is 46.3 Å².